The van der Waals surface area contributed by atoms with Crippen molar-refractivity contribution in [2.75, 3.05) is 12.4 Å². The van der Waals surface area contributed by atoms with Crippen LogP contribution >= 0.6 is 15.9 Å². The van der Waals surface area contributed by atoms with Gasteiger partial charge in [0.15, 0.2) is 4.67 Å². The van der Waals surface area contributed by atoms with E-state index in [1.807, 2.05) is 38.1 Å². The third kappa shape index (κ3) is 3.22. The summed E-state index contributed by atoms with van der Waals surface area (Å²) in [6.45, 7) is 4.00. The zero-order valence-corrected chi connectivity index (χ0v) is 13.2. The van der Waals surface area contributed by atoms with Crippen LogP contribution in [0.3, 0.4) is 0 Å². The molecule has 2 rings (SSSR count). The number of benzene rings is 1. The topological polar surface area (TPSA) is 54.3 Å². The van der Waals surface area contributed by atoms with Crippen LogP contribution in [0, 0.1) is 6.92 Å². The first-order chi connectivity index (χ1) is 9.51. The van der Waals surface area contributed by atoms with Crippen LogP contribution < -0.4 is 10.6 Å². The largest absolute Gasteiger partial charge is 0.452 e. The molecule has 0 aliphatic rings. The first-order valence-electron chi connectivity index (χ1n) is 6.35. The summed E-state index contributed by atoms with van der Waals surface area (Å²) in [5.41, 5.74) is 2.66. The van der Waals surface area contributed by atoms with Gasteiger partial charge >= 0.3 is 0 Å². The maximum atomic E-state index is 11.6. The zero-order chi connectivity index (χ0) is 14.7. The van der Waals surface area contributed by atoms with Crippen LogP contribution in [0.1, 0.15) is 34.6 Å². The van der Waals surface area contributed by atoms with Gasteiger partial charge in [-0.05, 0) is 65.7 Å². The van der Waals surface area contributed by atoms with Crippen LogP contribution in [0.25, 0.3) is 0 Å². The van der Waals surface area contributed by atoms with E-state index in [4.69, 9.17) is 4.42 Å². The number of hydrogen-bond donors (Lipinski definition) is 2. The summed E-state index contributed by atoms with van der Waals surface area (Å²) >= 11 is 3.29. The van der Waals surface area contributed by atoms with Crippen molar-refractivity contribution in [1.82, 2.24) is 5.32 Å². The van der Waals surface area contributed by atoms with Crippen LogP contribution in [0.5, 0.6) is 0 Å². The molecule has 0 aliphatic carbocycles. The van der Waals surface area contributed by atoms with Crippen molar-refractivity contribution >= 4 is 27.5 Å². The van der Waals surface area contributed by atoms with E-state index in [0.29, 0.717) is 10.2 Å². The first-order valence-corrected chi connectivity index (χ1v) is 7.15. The fraction of sp³-hybridized carbons (Fsp3) is 0.267. The van der Waals surface area contributed by atoms with Crippen LogP contribution in [-0.4, -0.2) is 13.0 Å². The van der Waals surface area contributed by atoms with E-state index in [0.717, 1.165) is 17.0 Å². The van der Waals surface area contributed by atoms with E-state index in [1.54, 1.807) is 13.1 Å². The van der Waals surface area contributed by atoms with Gasteiger partial charge in [-0.25, -0.2) is 0 Å². The van der Waals surface area contributed by atoms with E-state index < -0.39 is 0 Å². The summed E-state index contributed by atoms with van der Waals surface area (Å²) in [5.74, 6) is 0.773. The molecule has 106 valence electrons. The van der Waals surface area contributed by atoms with Gasteiger partial charge in [0.2, 0.25) is 0 Å². The average Bonchev–Trinajstić information content (AvgIpc) is 2.86. The lowest BCUT2D eigenvalue weighted by atomic mass is 10.1. The van der Waals surface area contributed by atoms with Crippen molar-refractivity contribution in [3.05, 3.63) is 51.9 Å². The SMILES string of the molecule is CNC(=O)c1ccc(NC(C)c2ccc(Br)o2)c(C)c1. The Kier molecular flexibility index (Phi) is 4.49. The number of furan rings is 1. The number of nitrogens with one attached hydrogen (secondary N) is 2. The third-order valence-corrected chi connectivity index (χ3v) is 3.53. The summed E-state index contributed by atoms with van der Waals surface area (Å²) in [5, 5.41) is 6.00. The maximum absolute atomic E-state index is 11.6. The Hall–Kier alpha value is -1.75. The minimum Gasteiger partial charge on any atom is -0.452 e. The van der Waals surface area contributed by atoms with Gasteiger partial charge in [-0.1, -0.05) is 0 Å². The van der Waals surface area contributed by atoms with Crippen molar-refractivity contribution in [2.45, 2.75) is 19.9 Å². The Morgan fingerprint density at radius 1 is 1.30 bits per heavy atom. The molecule has 1 heterocycles. The second-order valence-electron chi connectivity index (χ2n) is 4.62. The van der Waals surface area contributed by atoms with Crippen molar-refractivity contribution in [3.63, 3.8) is 0 Å². The van der Waals surface area contributed by atoms with Gasteiger partial charge < -0.3 is 15.1 Å². The number of rotatable bonds is 4. The highest BCUT2D eigenvalue weighted by Crippen LogP contribution is 2.25. The number of anilines is 1. The number of amides is 1. The normalized spacial score (nSPS) is 12.0. The summed E-state index contributed by atoms with van der Waals surface area (Å²) in [4.78, 5) is 11.6. The first kappa shape index (κ1) is 14.7. The fourth-order valence-corrected chi connectivity index (χ4v) is 2.30. The Balaban J connectivity index is 2.15. The van der Waals surface area contributed by atoms with Gasteiger partial charge in [0.1, 0.15) is 5.76 Å². The van der Waals surface area contributed by atoms with E-state index in [-0.39, 0.29) is 11.9 Å². The van der Waals surface area contributed by atoms with E-state index in [9.17, 15) is 4.79 Å². The van der Waals surface area contributed by atoms with Gasteiger partial charge in [0, 0.05) is 18.3 Å². The molecule has 2 N–H and O–H groups in total. The Labute approximate surface area is 126 Å². The minimum absolute atomic E-state index is 0.0471. The van der Waals surface area contributed by atoms with Crippen molar-refractivity contribution < 1.29 is 9.21 Å². The van der Waals surface area contributed by atoms with Crippen LogP contribution in [0.4, 0.5) is 5.69 Å². The molecule has 0 saturated heterocycles. The van der Waals surface area contributed by atoms with Gasteiger partial charge in [0.05, 0.1) is 6.04 Å². The summed E-state index contributed by atoms with van der Waals surface area (Å²) in [6, 6.07) is 9.43. The predicted octanol–water partition coefficient (Wildman–Crippen LogP) is 3.88. The highest BCUT2D eigenvalue weighted by atomic mass is 79.9. The average molecular weight is 337 g/mol. The number of carbonyl (C=O) groups excluding carboxylic acids is 1. The maximum Gasteiger partial charge on any atom is 0.251 e. The Morgan fingerprint density at radius 3 is 2.60 bits per heavy atom. The smallest absolute Gasteiger partial charge is 0.251 e. The molecule has 0 radical (unpaired) electrons. The van der Waals surface area contributed by atoms with Crippen LogP contribution in [-0.2, 0) is 0 Å². The molecule has 4 nitrogen and oxygen atoms in total. The summed E-state index contributed by atoms with van der Waals surface area (Å²) < 4.78 is 6.24. The van der Waals surface area contributed by atoms with E-state index >= 15 is 0 Å². The molecule has 1 atom stereocenters. The van der Waals surface area contributed by atoms with Gasteiger partial charge in [0.25, 0.3) is 5.91 Å². The van der Waals surface area contributed by atoms with Gasteiger partial charge in [-0.15, -0.1) is 0 Å². The number of halogens is 1. The molecule has 1 amide bonds. The van der Waals surface area contributed by atoms with Gasteiger partial charge in [-0.3, -0.25) is 4.79 Å². The predicted molar refractivity (Wildman–Crippen MR) is 83.0 cm³/mol. The molecular weight excluding hydrogens is 320 g/mol. The minimum atomic E-state index is -0.0809. The molecular formula is C15H17BrN2O2. The number of aryl methyl sites for hydroxylation is 1. The lowest BCUT2D eigenvalue weighted by molar-refractivity contribution is 0.0963. The molecule has 0 saturated carbocycles. The second kappa shape index (κ2) is 6.13. The van der Waals surface area contributed by atoms with Crippen molar-refractivity contribution in [3.8, 4) is 0 Å². The van der Waals surface area contributed by atoms with Crippen LogP contribution in [0.2, 0.25) is 0 Å². The second-order valence-corrected chi connectivity index (χ2v) is 5.40. The van der Waals surface area contributed by atoms with Crippen LogP contribution in [0.15, 0.2) is 39.4 Å². The molecule has 5 heteroatoms. The highest BCUT2D eigenvalue weighted by Gasteiger charge is 2.12. The Bertz CT molecular complexity index is 622. The van der Waals surface area contributed by atoms with Crippen molar-refractivity contribution in [2.24, 2.45) is 0 Å². The van der Waals surface area contributed by atoms with E-state index in [2.05, 4.69) is 26.6 Å². The number of carbonyl (C=O) groups is 1. The quantitative estimate of drug-likeness (QED) is 0.890. The molecule has 1 unspecified atom stereocenters. The molecule has 2 aromatic rings. The zero-order valence-electron chi connectivity index (χ0n) is 11.7. The lowest BCUT2D eigenvalue weighted by Gasteiger charge is -2.15. The van der Waals surface area contributed by atoms with Gasteiger partial charge in [-0.2, -0.15) is 0 Å². The fourth-order valence-electron chi connectivity index (χ4n) is 1.98. The molecule has 0 aliphatic heterocycles. The van der Waals surface area contributed by atoms with Crippen molar-refractivity contribution in [1.29, 1.82) is 0 Å². The lowest BCUT2D eigenvalue weighted by Crippen LogP contribution is -2.18. The standard InChI is InChI=1S/C15H17BrN2O2/c1-9-8-11(15(19)17-3)4-5-12(9)18-10(2)13-6-7-14(16)20-13/h4-8,10,18H,1-3H3,(H,17,19). The molecule has 20 heavy (non-hydrogen) atoms. The van der Waals surface area contributed by atoms with E-state index in [1.165, 1.54) is 0 Å². The third-order valence-electron chi connectivity index (χ3n) is 3.11. The summed E-state index contributed by atoms with van der Waals surface area (Å²) in [6.07, 6.45) is 0. The molecule has 0 spiro atoms. The monoisotopic (exact) mass is 336 g/mol. The number of hydrogen-bond acceptors (Lipinski definition) is 3. The molecule has 1 aromatic heterocycles. The highest BCUT2D eigenvalue weighted by molar-refractivity contribution is 9.10. The Morgan fingerprint density at radius 2 is 2.05 bits per heavy atom. The molecule has 0 bridgehead atoms. The summed E-state index contributed by atoms with van der Waals surface area (Å²) in [7, 11) is 1.63. The molecule has 1 aromatic carbocycles. The molecule has 0 fully saturated rings.